The van der Waals surface area contributed by atoms with Gasteiger partial charge in [-0.15, -0.1) is 0 Å². The molecule has 1 saturated heterocycles. The highest BCUT2D eigenvalue weighted by atomic mass is 32.2. The van der Waals surface area contributed by atoms with Crippen LogP contribution in [-0.4, -0.2) is 70.0 Å². The summed E-state index contributed by atoms with van der Waals surface area (Å²) in [5.74, 6) is -1.43. The van der Waals surface area contributed by atoms with Crippen LogP contribution in [0.3, 0.4) is 0 Å². The van der Waals surface area contributed by atoms with Crippen molar-refractivity contribution in [1.82, 2.24) is 23.9 Å². The lowest BCUT2D eigenvalue weighted by atomic mass is 10.1. The molecule has 0 spiro atoms. The maximum absolute atomic E-state index is 13.3. The SMILES string of the molecule is CCCn1c(C(=O)N2CCC(S(=O)(=O)CC(=O)NC)CC2)cc2c(=O)n(C)c(=O)n(C)c21. The molecule has 3 heterocycles. The minimum Gasteiger partial charge on any atom is -0.358 e. The molecule has 0 unspecified atom stereocenters. The molecule has 0 saturated carbocycles. The van der Waals surface area contributed by atoms with Gasteiger partial charge in [0.25, 0.3) is 11.5 Å². The van der Waals surface area contributed by atoms with E-state index < -0.39 is 38.0 Å². The molecule has 32 heavy (non-hydrogen) atoms. The molecule has 1 aliphatic rings. The van der Waals surface area contributed by atoms with E-state index in [1.165, 1.54) is 24.7 Å². The summed E-state index contributed by atoms with van der Waals surface area (Å²) in [7, 11) is 0.741. The van der Waals surface area contributed by atoms with Crippen molar-refractivity contribution in [2.24, 2.45) is 14.1 Å². The maximum atomic E-state index is 13.3. The van der Waals surface area contributed by atoms with Crippen molar-refractivity contribution in [3.8, 4) is 0 Å². The fourth-order valence-corrected chi connectivity index (χ4v) is 5.90. The number of sulfone groups is 1. The molecule has 0 radical (unpaired) electrons. The van der Waals surface area contributed by atoms with Gasteiger partial charge in [-0.25, -0.2) is 13.2 Å². The van der Waals surface area contributed by atoms with E-state index in [0.717, 1.165) is 4.57 Å². The van der Waals surface area contributed by atoms with Crippen LogP contribution in [0, 0.1) is 0 Å². The van der Waals surface area contributed by atoms with E-state index in [1.807, 2.05) is 6.92 Å². The van der Waals surface area contributed by atoms with Crippen molar-refractivity contribution in [2.45, 2.75) is 38.0 Å². The lowest BCUT2D eigenvalue weighted by molar-refractivity contribution is -0.118. The molecule has 11 nitrogen and oxygen atoms in total. The third-order valence-corrected chi connectivity index (χ3v) is 8.16. The van der Waals surface area contributed by atoms with Crippen molar-refractivity contribution in [3.63, 3.8) is 0 Å². The summed E-state index contributed by atoms with van der Waals surface area (Å²) in [5.41, 5.74) is -0.247. The Morgan fingerprint density at radius 1 is 1.12 bits per heavy atom. The zero-order valence-corrected chi connectivity index (χ0v) is 19.6. The number of nitrogens with zero attached hydrogens (tertiary/aromatic N) is 4. The normalized spacial score (nSPS) is 15.3. The molecule has 0 atom stereocenters. The zero-order valence-electron chi connectivity index (χ0n) is 18.8. The van der Waals surface area contributed by atoms with Crippen LogP contribution < -0.4 is 16.6 Å². The van der Waals surface area contributed by atoms with E-state index in [9.17, 15) is 27.6 Å². The number of carbonyl (C=O) groups excluding carboxylic acids is 2. The van der Waals surface area contributed by atoms with Crippen LogP contribution in [-0.2, 0) is 35.3 Å². The molecule has 176 valence electrons. The summed E-state index contributed by atoms with van der Waals surface area (Å²) in [6.07, 6.45) is 1.16. The number of hydrogen-bond acceptors (Lipinski definition) is 6. The van der Waals surface area contributed by atoms with Gasteiger partial charge in [0.15, 0.2) is 9.84 Å². The lowest BCUT2D eigenvalue weighted by Crippen LogP contribution is -2.44. The Labute approximate surface area is 185 Å². The Morgan fingerprint density at radius 2 is 1.75 bits per heavy atom. The second-order valence-corrected chi connectivity index (χ2v) is 10.4. The highest BCUT2D eigenvalue weighted by Crippen LogP contribution is 2.23. The number of fused-ring (bicyclic) bond motifs is 1. The highest BCUT2D eigenvalue weighted by molar-refractivity contribution is 7.92. The van der Waals surface area contributed by atoms with Crippen LogP contribution in [0.2, 0.25) is 0 Å². The van der Waals surface area contributed by atoms with Gasteiger partial charge < -0.3 is 14.8 Å². The minimum atomic E-state index is -3.60. The predicted molar refractivity (Wildman–Crippen MR) is 119 cm³/mol. The van der Waals surface area contributed by atoms with Gasteiger partial charge in [0.05, 0.1) is 10.6 Å². The number of aromatic nitrogens is 3. The molecule has 12 heteroatoms. The van der Waals surface area contributed by atoms with Gasteiger partial charge in [0.1, 0.15) is 17.1 Å². The monoisotopic (exact) mass is 467 g/mol. The molecule has 2 aromatic heterocycles. The van der Waals surface area contributed by atoms with E-state index in [1.54, 1.807) is 16.5 Å². The summed E-state index contributed by atoms with van der Waals surface area (Å²) in [4.78, 5) is 51.5. The van der Waals surface area contributed by atoms with Crippen LogP contribution in [0.25, 0.3) is 11.0 Å². The number of aryl methyl sites for hydroxylation is 2. The number of piperidine rings is 1. The molecular formula is C20H29N5O6S. The average molecular weight is 468 g/mol. The summed E-state index contributed by atoms with van der Waals surface area (Å²) >= 11 is 0. The number of nitrogens with one attached hydrogen (secondary N) is 1. The fourth-order valence-electron chi connectivity index (χ4n) is 4.22. The fraction of sp³-hybridized carbons (Fsp3) is 0.600. The van der Waals surface area contributed by atoms with Crippen molar-refractivity contribution in [3.05, 3.63) is 32.6 Å². The van der Waals surface area contributed by atoms with Crippen molar-refractivity contribution < 1.29 is 18.0 Å². The van der Waals surface area contributed by atoms with Crippen LogP contribution in [0.1, 0.15) is 36.7 Å². The average Bonchev–Trinajstić information content (AvgIpc) is 3.15. The molecule has 3 rings (SSSR count). The van der Waals surface area contributed by atoms with E-state index >= 15 is 0 Å². The summed E-state index contributed by atoms with van der Waals surface area (Å²) in [6.45, 7) is 2.83. The van der Waals surface area contributed by atoms with Gasteiger partial charge in [-0.3, -0.25) is 23.5 Å². The molecule has 0 bridgehead atoms. The smallest absolute Gasteiger partial charge is 0.332 e. The topological polar surface area (TPSA) is 132 Å². The summed E-state index contributed by atoms with van der Waals surface area (Å²) in [5, 5.41) is 1.92. The van der Waals surface area contributed by atoms with Gasteiger partial charge in [0.2, 0.25) is 5.91 Å². The van der Waals surface area contributed by atoms with E-state index in [-0.39, 0.29) is 37.2 Å². The number of carbonyl (C=O) groups is 2. The Morgan fingerprint density at radius 3 is 2.31 bits per heavy atom. The number of rotatable bonds is 6. The lowest BCUT2D eigenvalue weighted by Gasteiger charge is -2.31. The standard InChI is InChI=1S/C20H29N5O6S/c1-5-8-25-15(11-14-17(25)22(3)20(29)23(4)18(14)27)19(28)24-9-6-13(7-10-24)32(30,31)12-16(26)21-2/h11,13H,5-10,12H2,1-4H3,(H,21,26). The Bertz CT molecular complexity index is 1280. The first-order chi connectivity index (χ1) is 15.0. The van der Waals surface area contributed by atoms with Gasteiger partial charge in [-0.2, -0.15) is 0 Å². The highest BCUT2D eigenvalue weighted by Gasteiger charge is 2.34. The van der Waals surface area contributed by atoms with Gasteiger partial charge >= 0.3 is 5.69 Å². The molecule has 2 aromatic rings. The quantitative estimate of drug-likeness (QED) is 0.592. The molecular weight excluding hydrogens is 438 g/mol. The first-order valence-corrected chi connectivity index (χ1v) is 12.3. The van der Waals surface area contributed by atoms with Crippen LogP contribution in [0.5, 0.6) is 0 Å². The molecule has 1 fully saturated rings. The van der Waals surface area contributed by atoms with Gasteiger partial charge in [0, 0.05) is 40.8 Å². The largest absolute Gasteiger partial charge is 0.358 e. The van der Waals surface area contributed by atoms with Crippen molar-refractivity contribution in [2.75, 3.05) is 25.9 Å². The summed E-state index contributed by atoms with van der Waals surface area (Å²) in [6, 6.07) is 1.52. The van der Waals surface area contributed by atoms with Crippen molar-refractivity contribution >= 4 is 32.7 Å². The first-order valence-electron chi connectivity index (χ1n) is 10.5. The predicted octanol–water partition coefficient (Wildman–Crippen LogP) is -0.786. The molecule has 0 aromatic carbocycles. The number of hydrogen-bond donors (Lipinski definition) is 1. The molecule has 1 N–H and O–H groups in total. The number of amides is 2. The second kappa shape index (κ2) is 8.93. The molecule has 0 aliphatic carbocycles. The van der Waals surface area contributed by atoms with Gasteiger partial charge in [-0.1, -0.05) is 6.92 Å². The maximum Gasteiger partial charge on any atom is 0.332 e. The van der Waals surface area contributed by atoms with E-state index in [4.69, 9.17) is 0 Å². The molecule has 2 amide bonds. The third kappa shape index (κ3) is 4.10. The van der Waals surface area contributed by atoms with Crippen LogP contribution >= 0.6 is 0 Å². The van der Waals surface area contributed by atoms with Crippen LogP contribution in [0.15, 0.2) is 15.7 Å². The number of likely N-dealkylation sites (tertiary alicyclic amines) is 1. The van der Waals surface area contributed by atoms with Crippen molar-refractivity contribution in [1.29, 1.82) is 0 Å². The third-order valence-electron chi connectivity index (χ3n) is 6.01. The van der Waals surface area contributed by atoms with E-state index in [2.05, 4.69) is 5.32 Å². The second-order valence-electron chi connectivity index (χ2n) is 8.10. The minimum absolute atomic E-state index is 0.223. The van der Waals surface area contributed by atoms with E-state index in [0.29, 0.717) is 24.3 Å². The Balaban J connectivity index is 1.91. The van der Waals surface area contributed by atoms with Gasteiger partial charge in [-0.05, 0) is 25.3 Å². The zero-order chi connectivity index (χ0) is 23.8. The Kier molecular flexibility index (Phi) is 6.63. The summed E-state index contributed by atoms with van der Waals surface area (Å²) < 4.78 is 29.0. The first kappa shape index (κ1) is 23.8. The molecule has 1 aliphatic heterocycles. The van der Waals surface area contributed by atoms with Crippen LogP contribution in [0.4, 0.5) is 0 Å². The Hall–Kier alpha value is -2.89.